The van der Waals surface area contributed by atoms with Gasteiger partial charge in [0.1, 0.15) is 6.54 Å². The summed E-state index contributed by atoms with van der Waals surface area (Å²) in [6, 6.07) is 15.8. The van der Waals surface area contributed by atoms with Gasteiger partial charge in [-0.25, -0.2) is 4.99 Å². The third-order valence-corrected chi connectivity index (χ3v) is 4.11. The van der Waals surface area contributed by atoms with Crippen LogP contribution in [0.5, 0.6) is 0 Å². The van der Waals surface area contributed by atoms with Gasteiger partial charge in [0.25, 0.3) is 0 Å². The highest BCUT2D eigenvalue weighted by Crippen LogP contribution is 2.13. The highest BCUT2D eigenvalue weighted by Gasteiger charge is 2.11. The summed E-state index contributed by atoms with van der Waals surface area (Å²) >= 11 is 0. The van der Waals surface area contributed by atoms with Crippen molar-refractivity contribution in [3.05, 3.63) is 66.1 Å². The number of guanidine groups is 1. The average Bonchev–Trinajstić information content (AvgIpc) is 3.10. The molecule has 3 rings (SSSR count). The molecular weight excluding hydrogens is 328 g/mol. The summed E-state index contributed by atoms with van der Waals surface area (Å²) in [6.07, 6.45) is 1.93. The zero-order valence-corrected chi connectivity index (χ0v) is 14.8. The predicted molar refractivity (Wildman–Crippen MR) is 102 cm³/mol. The lowest BCUT2D eigenvalue weighted by atomic mass is 10.0. The SMILES string of the molecule is CCNC(=NCc1nnc2ccccn12)NCC(CO)c1ccccc1. The zero-order chi connectivity index (χ0) is 18.2. The number of nitrogens with zero attached hydrogens (tertiary/aromatic N) is 4. The van der Waals surface area contributed by atoms with Gasteiger partial charge in [0.2, 0.25) is 0 Å². The number of aromatic nitrogens is 3. The van der Waals surface area contributed by atoms with Gasteiger partial charge in [-0.2, -0.15) is 0 Å². The molecular formula is C19H24N6O. The first-order valence-corrected chi connectivity index (χ1v) is 8.78. The van der Waals surface area contributed by atoms with Crippen LogP contribution in [0.2, 0.25) is 0 Å². The Morgan fingerprint density at radius 3 is 2.69 bits per heavy atom. The number of pyridine rings is 1. The molecule has 7 heteroatoms. The molecule has 0 saturated heterocycles. The fraction of sp³-hybridized carbons (Fsp3) is 0.316. The zero-order valence-electron chi connectivity index (χ0n) is 14.8. The largest absolute Gasteiger partial charge is 0.396 e. The van der Waals surface area contributed by atoms with Crippen molar-refractivity contribution in [1.29, 1.82) is 0 Å². The van der Waals surface area contributed by atoms with Crippen LogP contribution in [0.15, 0.2) is 59.7 Å². The van der Waals surface area contributed by atoms with Gasteiger partial charge >= 0.3 is 0 Å². The molecule has 0 fully saturated rings. The molecule has 7 nitrogen and oxygen atoms in total. The maximum absolute atomic E-state index is 9.70. The van der Waals surface area contributed by atoms with Crippen molar-refractivity contribution in [2.45, 2.75) is 19.4 Å². The van der Waals surface area contributed by atoms with E-state index in [1.807, 2.05) is 66.1 Å². The van der Waals surface area contributed by atoms with Crippen LogP contribution in [-0.4, -0.2) is 45.4 Å². The van der Waals surface area contributed by atoms with Crippen LogP contribution in [0.3, 0.4) is 0 Å². The van der Waals surface area contributed by atoms with Crippen LogP contribution in [-0.2, 0) is 6.54 Å². The van der Waals surface area contributed by atoms with Crippen molar-refractivity contribution in [3.63, 3.8) is 0 Å². The van der Waals surface area contributed by atoms with Crippen LogP contribution in [0.4, 0.5) is 0 Å². The summed E-state index contributed by atoms with van der Waals surface area (Å²) in [5.41, 5.74) is 1.90. The quantitative estimate of drug-likeness (QED) is 0.444. The minimum Gasteiger partial charge on any atom is -0.396 e. The second-order valence-corrected chi connectivity index (χ2v) is 5.91. The molecule has 136 valence electrons. The van der Waals surface area contributed by atoms with E-state index in [4.69, 9.17) is 0 Å². The van der Waals surface area contributed by atoms with E-state index in [1.165, 1.54) is 0 Å². The maximum atomic E-state index is 9.70. The van der Waals surface area contributed by atoms with Crippen LogP contribution < -0.4 is 10.6 Å². The monoisotopic (exact) mass is 352 g/mol. The van der Waals surface area contributed by atoms with Crippen LogP contribution in [0, 0.1) is 0 Å². The molecule has 0 aliphatic rings. The molecule has 1 unspecified atom stereocenters. The summed E-state index contributed by atoms with van der Waals surface area (Å²) in [4.78, 5) is 4.60. The van der Waals surface area contributed by atoms with Gasteiger partial charge in [-0.15, -0.1) is 10.2 Å². The Morgan fingerprint density at radius 1 is 1.12 bits per heavy atom. The molecule has 0 spiro atoms. The average molecular weight is 352 g/mol. The number of fused-ring (bicyclic) bond motifs is 1. The minimum atomic E-state index is 0.00831. The fourth-order valence-electron chi connectivity index (χ4n) is 2.72. The summed E-state index contributed by atoms with van der Waals surface area (Å²) in [6.45, 7) is 3.85. The Balaban J connectivity index is 1.67. The molecule has 0 amide bonds. The van der Waals surface area contributed by atoms with Crippen molar-refractivity contribution in [2.75, 3.05) is 19.7 Å². The standard InChI is InChI=1S/C19H24N6O/c1-2-20-19(21-12-16(14-26)15-8-4-3-5-9-15)22-13-18-24-23-17-10-6-7-11-25(17)18/h3-11,16,26H,2,12-14H2,1H3,(H2,20,21,22). The van der Waals surface area contributed by atoms with Gasteiger partial charge in [-0.1, -0.05) is 36.4 Å². The minimum absolute atomic E-state index is 0.00831. The molecule has 1 aromatic carbocycles. The lowest BCUT2D eigenvalue weighted by Gasteiger charge is -2.18. The Morgan fingerprint density at radius 2 is 1.92 bits per heavy atom. The molecule has 3 N–H and O–H groups in total. The predicted octanol–water partition coefficient (Wildman–Crippen LogP) is 1.56. The number of aliphatic imine (C=N–C) groups is 1. The highest BCUT2D eigenvalue weighted by molar-refractivity contribution is 5.79. The Kier molecular flexibility index (Phi) is 6.16. The number of benzene rings is 1. The molecule has 1 atom stereocenters. The lowest BCUT2D eigenvalue weighted by Crippen LogP contribution is -2.40. The van der Waals surface area contributed by atoms with Crippen molar-refractivity contribution >= 4 is 11.6 Å². The highest BCUT2D eigenvalue weighted by atomic mass is 16.3. The summed E-state index contributed by atoms with van der Waals surface area (Å²) < 4.78 is 1.92. The summed E-state index contributed by atoms with van der Waals surface area (Å²) in [5, 5.41) is 24.6. The van der Waals surface area contributed by atoms with Crippen LogP contribution in [0.25, 0.3) is 5.65 Å². The molecule has 0 bridgehead atoms. The molecule has 2 heterocycles. The van der Waals surface area contributed by atoms with Gasteiger partial charge in [-0.3, -0.25) is 4.40 Å². The van der Waals surface area contributed by atoms with E-state index in [2.05, 4.69) is 25.8 Å². The second kappa shape index (κ2) is 8.96. The smallest absolute Gasteiger partial charge is 0.191 e. The van der Waals surface area contributed by atoms with E-state index in [-0.39, 0.29) is 12.5 Å². The maximum Gasteiger partial charge on any atom is 0.191 e. The van der Waals surface area contributed by atoms with Crippen LogP contribution in [0.1, 0.15) is 24.2 Å². The van der Waals surface area contributed by atoms with E-state index < -0.39 is 0 Å². The van der Waals surface area contributed by atoms with E-state index in [1.54, 1.807) is 0 Å². The first-order chi connectivity index (χ1) is 12.8. The van der Waals surface area contributed by atoms with E-state index in [0.717, 1.165) is 23.6 Å². The van der Waals surface area contributed by atoms with E-state index >= 15 is 0 Å². The number of aliphatic hydroxyl groups excluding tert-OH is 1. The third kappa shape index (κ3) is 4.37. The third-order valence-electron chi connectivity index (χ3n) is 4.11. The first kappa shape index (κ1) is 17.9. The lowest BCUT2D eigenvalue weighted by molar-refractivity contribution is 0.265. The van der Waals surface area contributed by atoms with E-state index in [9.17, 15) is 5.11 Å². The van der Waals surface area contributed by atoms with Gasteiger partial charge < -0.3 is 15.7 Å². The van der Waals surface area contributed by atoms with Crippen molar-refractivity contribution < 1.29 is 5.11 Å². The summed E-state index contributed by atoms with van der Waals surface area (Å²) in [5.74, 6) is 1.48. The van der Waals surface area contributed by atoms with Crippen LogP contribution >= 0.6 is 0 Å². The number of hydrogen-bond donors (Lipinski definition) is 3. The van der Waals surface area contributed by atoms with E-state index in [0.29, 0.717) is 19.0 Å². The number of rotatable bonds is 7. The molecule has 0 aliphatic heterocycles. The topological polar surface area (TPSA) is 86.8 Å². The Bertz CT molecular complexity index is 845. The van der Waals surface area contributed by atoms with Crippen molar-refractivity contribution in [1.82, 2.24) is 25.2 Å². The fourth-order valence-corrected chi connectivity index (χ4v) is 2.72. The van der Waals surface area contributed by atoms with Crippen molar-refractivity contribution in [2.24, 2.45) is 4.99 Å². The molecule has 26 heavy (non-hydrogen) atoms. The van der Waals surface area contributed by atoms with Gasteiger partial charge in [0.15, 0.2) is 17.4 Å². The number of hydrogen-bond acceptors (Lipinski definition) is 4. The summed E-state index contributed by atoms with van der Waals surface area (Å²) in [7, 11) is 0. The number of nitrogens with one attached hydrogen (secondary N) is 2. The molecule has 2 aromatic heterocycles. The second-order valence-electron chi connectivity index (χ2n) is 5.91. The molecule has 3 aromatic rings. The first-order valence-electron chi connectivity index (χ1n) is 8.78. The molecule has 0 radical (unpaired) electrons. The van der Waals surface area contributed by atoms with Gasteiger partial charge in [0, 0.05) is 25.2 Å². The molecule has 0 aliphatic carbocycles. The number of aliphatic hydroxyl groups is 1. The van der Waals surface area contributed by atoms with Crippen molar-refractivity contribution in [3.8, 4) is 0 Å². The van der Waals surface area contributed by atoms with Gasteiger partial charge in [-0.05, 0) is 24.6 Å². The Labute approximate surface area is 152 Å². The molecule has 0 saturated carbocycles. The Hall–Kier alpha value is -2.93. The normalized spacial score (nSPS) is 12.9. The van der Waals surface area contributed by atoms with Gasteiger partial charge in [0.05, 0.1) is 6.61 Å².